The highest BCUT2D eigenvalue weighted by Crippen LogP contribution is 2.15. The van der Waals surface area contributed by atoms with Crippen molar-refractivity contribution in [2.24, 2.45) is 0 Å². The van der Waals surface area contributed by atoms with Crippen molar-refractivity contribution in [1.29, 1.82) is 0 Å². The van der Waals surface area contributed by atoms with Crippen LogP contribution in [0.2, 0.25) is 0 Å². The van der Waals surface area contributed by atoms with Crippen LogP contribution < -0.4 is 0 Å². The molecule has 1 amide bonds. The Labute approximate surface area is 187 Å². The van der Waals surface area contributed by atoms with Crippen molar-refractivity contribution >= 4 is 5.91 Å². The number of benzene rings is 1. The van der Waals surface area contributed by atoms with Gasteiger partial charge in [-0.3, -0.25) is 9.69 Å². The zero-order valence-corrected chi connectivity index (χ0v) is 19.0. The van der Waals surface area contributed by atoms with Gasteiger partial charge < -0.3 is 14.4 Å². The van der Waals surface area contributed by atoms with Crippen molar-refractivity contribution in [2.75, 3.05) is 52.6 Å². The lowest BCUT2D eigenvalue weighted by Crippen LogP contribution is -2.45. The normalized spacial score (nSPS) is 19.3. The maximum absolute atomic E-state index is 13.3. The van der Waals surface area contributed by atoms with Gasteiger partial charge in [-0.15, -0.1) is 0 Å². The Morgan fingerprint density at radius 2 is 1.68 bits per heavy atom. The zero-order chi connectivity index (χ0) is 21.7. The average molecular weight is 429 g/mol. The number of unbranched alkanes of at least 4 members (excludes halogenated alkanes) is 3. The highest BCUT2D eigenvalue weighted by atomic mass is 16.5. The first-order valence-electron chi connectivity index (χ1n) is 12.0. The minimum Gasteiger partial charge on any atom is -0.379 e. The van der Waals surface area contributed by atoms with E-state index < -0.39 is 6.04 Å². The van der Waals surface area contributed by atoms with Crippen molar-refractivity contribution in [3.05, 3.63) is 40.7 Å². The van der Waals surface area contributed by atoms with Crippen molar-refractivity contribution < 1.29 is 14.3 Å². The number of hydrogen-bond donors (Lipinski definition) is 0. The minimum atomic E-state index is -0.431. The second-order valence-corrected chi connectivity index (χ2v) is 8.41. The maximum atomic E-state index is 13.3. The predicted octanol–water partition coefficient (Wildman–Crippen LogP) is 3.46. The summed E-state index contributed by atoms with van der Waals surface area (Å²) in [5.41, 5.74) is 1.13. The molecule has 3 rings (SSSR count). The summed E-state index contributed by atoms with van der Waals surface area (Å²) >= 11 is 0. The number of carbonyl (C=O) groups excluding carboxylic acids is 1. The Morgan fingerprint density at radius 1 is 1.00 bits per heavy atom. The van der Waals surface area contributed by atoms with Crippen LogP contribution in [0.15, 0.2) is 30.3 Å². The number of ether oxygens (including phenoxy) is 2. The molecule has 170 valence electrons. The Kier molecular flexibility index (Phi) is 10.3. The number of nitrogens with zero attached hydrogens (tertiary/aromatic N) is 3. The van der Waals surface area contributed by atoms with Crippen LogP contribution in [0.5, 0.6) is 0 Å². The van der Waals surface area contributed by atoms with Crippen molar-refractivity contribution in [1.82, 2.24) is 9.80 Å². The topological polar surface area (TPSA) is 46.4 Å². The third kappa shape index (κ3) is 7.92. The molecule has 0 bridgehead atoms. The molecule has 6 heteroatoms. The lowest BCUT2D eigenvalue weighted by Gasteiger charge is -2.29. The Balaban J connectivity index is 1.74. The van der Waals surface area contributed by atoms with Gasteiger partial charge in [0.25, 0.3) is 6.07 Å². The number of morpholine rings is 2. The van der Waals surface area contributed by atoms with Crippen molar-refractivity contribution in [3.63, 3.8) is 0 Å². The predicted molar refractivity (Wildman–Crippen MR) is 124 cm³/mol. The Hall–Kier alpha value is -1.94. The largest absolute Gasteiger partial charge is 0.379 e. The Bertz CT molecular complexity index is 704. The standard InChI is InChI=1S/C25H38N3O3/c1-2-3-4-8-11-23(27-12-16-30-17-13-27)21-26-24(20-22-9-6-5-7-10-22)25(29)28-14-18-31-19-15-28/h5-7,9-10,23-24H,2-4,8,11-20H2,1H3/q+1. The fraction of sp³-hybridized carbons (Fsp3) is 0.680. The average Bonchev–Trinajstić information content (AvgIpc) is 2.84. The van der Waals surface area contributed by atoms with Crippen LogP contribution in [0.3, 0.4) is 0 Å². The summed E-state index contributed by atoms with van der Waals surface area (Å²) in [5, 5.41) is 0. The number of rotatable bonds is 9. The summed E-state index contributed by atoms with van der Waals surface area (Å²) in [6.07, 6.45) is 6.54. The molecule has 31 heavy (non-hydrogen) atoms. The van der Waals surface area contributed by atoms with Gasteiger partial charge in [-0.1, -0.05) is 67.8 Å². The van der Waals surface area contributed by atoms with Gasteiger partial charge >= 0.3 is 11.9 Å². The van der Waals surface area contributed by atoms with E-state index in [1.54, 1.807) is 0 Å². The number of carbonyl (C=O) groups is 1. The molecule has 1 aromatic rings. The number of amides is 1. The summed E-state index contributed by atoms with van der Waals surface area (Å²) in [6, 6.07) is 13.3. The maximum Gasteiger partial charge on any atom is 0.352 e. The van der Waals surface area contributed by atoms with Crippen LogP contribution in [-0.4, -0.2) is 80.4 Å². The van der Waals surface area contributed by atoms with Gasteiger partial charge in [-0.25, -0.2) is 0 Å². The molecule has 2 atom stereocenters. The molecule has 2 saturated heterocycles. The van der Waals surface area contributed by atoms with E-state index in [1.165, 1.54) is 25.7 Å². The highest BCUT2D eigenvalue weighted by molar-refractivity contribution is 5.84. The number of hydrogen-bond acceptors (Lipinski definition) is 4. The first-order chi connectivity index (χ1) is 15.3. The third-order valence-electron chi connectivity index (χ3n) is 6.08. The molecule has 0 spiro atoms. The van der Waals surface area contributed by atoms with Gasteiger partial charge in [-0.2, -0.15) is 0 Å². The van der Waals surface area contributed by atoms with Gasteiger partial charge in [0.05, 0.1) is 32.8 Å². The summed E-state index contributed by atoms with van der Waals surface area (Å²) in [5.74, 6) is 0.0892. The van der Waals surface area contributed by atoms with Crippen LogP contribution in [0, 0.1) is 6.07 Å². The fourth-order valence-electron chi connectivity index (χ4n) is 4.18. The molecule has 0 radical (unpaired) electrons. The monoisotopic (exact) mass is 428 g/mol. The van der Waals surface area contributed by atoms with E-state index >= 15 is 0 Å². The molecule has 2 unspecified atom stereocenters. The fourth-order valence-corrected chi connectivity index (χ4v) is 4.18. The van der Waals surface area contributed by atoms with Gasteiger partial charge in [0.2, 0.25) is 0 Å². The summed E-state index contributed by atoms with van der Waals surface area (Å²) in [7, 11) is 0. The van der Waals surface area contributed by atoms with Crippen LogP contribution in [0.1, 0.15) is 44.6 Å². The second kappa shape index (κ2) is 13.5. The molecular weight excluding hydrogens is 390 g/mol. The minimum absolute atomic E-state index is 0.0892. The van der Waals surface area contributed by atoms with Crippen LogP contribution in [-0.2, 0) is 20.7 Å². The molecule has 0 N–H and O–H groups in total. The zero-order valence-electron chi connectivity index (χ0n) is 19.0. The molecule has 2 aliphatic rings. The van der Waals surface area contributed by atoms with Gasteiger partial charge in [-0.05, 0) is 12.0 Å². The first-order valence-corrected chi connectivity index (χ1v) is 12.0. The molecule has 2 fully saturated rings. The lowest BCUT2D eigenvalue weighted by atomic mass is 10.0. The molecule has 0 aliphatic carbocycles. The quantitative estimate of drug-likeness (QED) is 0.565. The van der Waals surface area contributed by atoms with E-state index in [0.29, 0.717) is 32.7 Å². The molecule has 1 aromatic carbocycles. The smallest absolute Gasteiger partial charge is 0.352 e. The van der Waals surface area contributed by atoms with E-state index in [9.17, 15) is 4.79 Å². The lowest BCUT2D eigenvalue weighted by molar-refractivity contribution is -0.135. The summed E-state index contributed by atoms with van der Waals surface area (Å²) < 4.78 is 11.0. The third-order valence-corrected chi connectivity index (χ3v) is 6.08. The van der Waals surface area contributed by atoms with E-state index in [0.717, 1.165) is 38.3 Å². The summed E-state index contributed by atoms with van der Waals surface area (Å²) in [4.78, 5) is 22.4. The molecule has 0 aromatic heterocycles. The van der Waals surface area contributed by atoms with Crippen LogP contribution >= 0.6 is 0 Å². The molecule has 2 heterocycles. The van der Waals surface area contributed by atoms with E-state index in [2.05, 4.69) is 30.0 Å². The molecule has 2 aliphatic heterocycles. The van der Waals surface area contributed by atoms with Crippen molar-refractivity contribution in [3.8, 4) is 6.07 Å². The highest BCUT2D eigenvalue weighted by Gasteiger charge is 2.34. The second-order valence-electron chi connectivity index (χ2n) is 8.41. The van der Waals surface area contributed by atoms with Gasteiger partial charge in [0.15, 0.2) is 0 Å². The summed E-state index contributed by atoms with van der Waals surface area (Å²) in [6.45, 7) is 8.05. The molecule has 6 nitrogen and oxygen atoms in total. The van der Waals surface area contributed by atoms with Crippen LogP contribution in [0.4, 0.5) is 0 Å². The van der Waals surface area contributed by atoms with E-state index in [1.807, 2.05) is 23.1 Å². The first kappa shape index (κ1) is 23.7. The van der Waals surface area contributed by atoms with E-state index in [4.69, 9.17) is 14.3 Å². The van der Waals surface area contributed by atoms with E-state index in [-0.39, 0.29) is 11.9 Å². The van der Waals surface area contributed by atoms with Gasteiger partial charge in [0, 0.05) is 26.2 Å². The van der Waals surface area contributed by atoms with Crippen molar-refractivity contribution in [2.45, 2.75) is 57.5 Å². The molecular formula is C25H38N3O3+. The molecule has 0 saturated carbocycles. The van der Waals surface area contributed by atoms with Crippen LogP contribution in [0.25, 0.3) is 4.85 Å². The van der Waals surface area contributed by atoms with Gasteiger partial charge in [0.1, 0.15) is 6.04 Å². The SMILES string of the molecule is CCCCCCC(C#[N+]C(Cc1ccccc1)C(=O)N1CCOCC1)N1CCOCC1. The Morgan fingerprint density at radius 3 is 2.35 bits per heavy atom.